The third-order valence-corrected chi connectivity index (χ3v) is 4.30. The van der Waals surface area contributed by atoms with Crippen LogP contribution in [0.1, 0.15) is 5.56 Å². The molecule has 0 bridgehead atoms. The summed E-state index contributed by atoms with van der Waals surface area (Å²) in [5.74, 6) is 0.635. The van der Waals surface area contributed by atoms with E-state index in [1.165, 1.54) is 0 Å². The van der Waals surface area contributed by atoms with Gasteiger partial charge in [0.05, 0.1) is 12.2 Å². The lowest BCUT2D eigenvalue weighted by Crippen LogP contribution is -2.21. The van der Waals surface area contributed by atoms with Crippen LogP contribution in [0, 0.1) is 0 Å². The molecular formula is C23H20N4O. The Balaban J connectivity index is 1.60. The van der Waals surface area contributed by atoms with Crippen molar-refractivity contribution in [3.05, 3.63) is 103 Å². The minimum atomic E-state index is -0.306. The fraction of sp³-hybridized carbons (Fsp3) is 0.0435. The Labute approximate surface area is 163 Å². The number of rotatable bonds is 5. The molecule has 0 unspecified atom stereocenters. The number of carbonyl (C=O) groups excluding carboxylic acids is 1. The van der Waals surface area contributed by atoms with Gasteiger partial charge in [-0.1, -0.05) is 78.9 Å². The molecule has 0 fully saturated rings. The number of aromatic nitrogens is 2. The molecule has 0 aliphatic carbocycles. The Morgan fingerprint density at radius 2 is 1.39 bits per heavy atom. The van der Waals surface area contributed by atoms with Crippen LogP contribution in [0.2, 0.25) is 0 Å². The summed E-state index contributed by atoms with van der Waals surface area (Å²) in [5.41, 5.74) is 3.65. The van der Waals surface area contributed by atoms with Gasteiger partial charge in [-0.2, -0.15) is 5.10 Å². The molecule has 0 saturated heterocycles. The second kappa shape index (κ2) is 8.22. The lowest BCUT2D eigenvalue weighted by molar-refractivity contribution is 0.262. The second-order valence-corrected chi connectivity index (χ2v) is 6.37. The third-order valence-electron chi connectivity index (χ3n) is 4.30. The summed E-state index contributed by atoms with van der Waals surface area (Å²) in [6.07, 6.45) is 0. The van der Waals surface area contributed by atoms with Gasteiger partial charge in [-0.25, -0.2) is 9.48 Å². The first-order valence-electron chi connectivity index (χ1n) is 9.08. The molecule has 1 heterocycles. The molecule has 2 N–H and O–H groups in total. The summed E-state index contributed by atoms with van der Waals surface area (Å²) in [5, 5.41) is 10.5. The van der Waals surface area contributed by atoms with Crippen LogP contribution >= 0.6 is 0 Å². The van der Waals surface area contributed by atoms with Gasteiger partial charge in [0.2, 0.25) is 0 Å². The zero-order valence-electron chi connectivity index (χ0n) is 15.2. The molecular weight excluding hydrogens is 348 g/mol. The van der Waals surface area contributed by atoms with Crippen LogP contribution in [0.3, 0.4) is 0 Å². The van der Waals surface area contributed by atoms with Gasteiger partial charge in [-0.3, -0.25) is 5.32 Å². The monoisotopic (exact) mass is 368 g/mol. The van der Waals surface area contributed by atoms with Crippen LogP contribution in [0.25, 0.3) is 11.3 Å². The molecule has 0 aliphatic rings. The van der Waals surface area contributed by atoms with Crippen molar-refractivity contribution in [3.8, 4) is 11.3 Å². The van der Waals surface area contributed by atoms with E-state index in [9.17, 15) is 4.79 Å². The molecule has 2 amide bonds. The molecule has 5 heteroatoms. The van der Waals surface area contributed by atoms with Crippen LogP contribution in [-0.4, -0.2) is 15.8 Å². The first-order chi connectivity index (χ1) is 13.8. The average molecular weight is 368 g/mol. The summed E-state index contributed by atoms with van der Waals surface area (Å²) >= 11 is 0. The van der Waals surface area contributed by atoms with Crippen molar-refractivity contribution in [1.82, 2.24) is 9.78 Å². The highest BCUT2D eigenvalue weighted by Crippen LogP contribution is 2.23. The molecule has 0 radical (unpaired) electrons. The molecule has 4 rings (SSSR count). The predicted molar refractivity (Wildman–Crippen MR) is 112 cm³/mol. The first kappa shape index (κ1) is 17.5. The third kappa shape index (κ3) is 4.27. The number of nitrogens with zero attached hydrogens (tertiary/aromatic N) is 2. The number of urea groups is 1. The summed E-state index contributed by atoms with van der Waals surface area (Å²) in [6.45, 7) is 0.564. The average Bonchev–Trinajstić information content (AvgIpc) is 3.12. The molecule has 1 aromatic heterocycles. The van der Waals surface area contributed by atoms with E-state index in [-0.39, 0.29) is 6.03 Å². The van der Waals surface area contributed by atoms with Gasteiger partial charge < -0.3 is 5.32 Å². The number of nitrogens with one attached hydrogen (secondary N) is 2. The van der Waals surface area contributed by atoms with Crippen molar-refractivity contribution < 1.29 is 4.79 Å². The Hall–Kier alpha value is -3.86. The quantitative estimate of drug-likeness (QED) is 0.506. The maximum Gasteiger partial charge on any atom is 0.324 e. The fourth-order valence-corrected chi connectivity index (χ4v) is 2.94. The molecule has 0 saturated carbocycles. The van der Waals surface area contributed by atoms with Gasteiger partial charge in [-0.05, 0) is 17.7 Å². The highest BCUT2D eigenvalue weighted by molar-refractivity contribution is 5.99. The number of hydrogen-bond donors (Lipinski definition) is 2. The molecule has 138 valence electrons. The number of carbonyl (C=O) groups is 1. The highest BCUT2D eigenvalue weighted by atomic mass is 16.2. The van der Waals surface area contributed by atoms with Gasteiger partial charge >= 0.3 is 6.03 Å². The van der Waals surface area contributed by atoms with Gasteiger partial charge in [0.15, 0.2) is 0 Å². The van der Waals surface area contributed by atoms with E-state index < -0.39 is 0 Å². The van der Waals surface area contributed by atoms with E-state index in [0.29, 0.717) is 12.4 Å². The normalized spacial score (nSPS) is 10.4. The van der Waals surface area contributed by atoms with E-state index in [1.807, 2.05) is 102 Å². The minimum Gasteiger partial charge on any atom is -0.308 e. The maximum atomic E-state index is 12.5. The van der Waals surface area contributed by atoms with E-state index in [4.69, 9.17) is 5.10 Å². The molecule has 0 aliphatic heterocycles. The lowest BCUT2D eigenvalue weighted by Gasteiger charge is -2.10. The highest BCUT2D eigenvalue weighted by Gasteiger charge is 2.13. The molecule has 3 aromatic carbocycles. The minimum absolute atomic E-state index is 0.306. The van der Waals surface area contributed by atoms with Crippen LogP contribution in [0.4, 0.5) is 16.3 Å². The Bertz CT molecular complexity index is 1040. The van der Waals surface area contributed by atoms with Crippen LogP contribution in [0.5, 0.6) is 0 Å². The van der Waals surface area contributed by atoms with Gasteiger partial charge in [0.25, 0.3) is 0 Å². The second-order valence-electron chi connectivity index (χ2n) is 6.37. The molecule has 5 nitrogen and oxygen atoms in total. The largest absolute Gasteiger partial charge is 0.324 e. The van der Waals surface area contributed by atoms with Crippen LogP contribution < -0.4 is 10.6 Å². The summed E-state index contributed by atoms with van der Waals surface area (Å²) < 4.78 is 1.81. The van der Waals surface area contributed by atoms with Crippen molar-refractivity contribution in [2.75, 3.05) is 10.6 Å². The van der Waals surface area contributed by atoms with Gasteiger partial charge in [0.1, 0.15) is 5.82 Å². The van der Waals surface area contributed by atoms with Crippen LogP contribution in [0.15, 0.2) is 97.1 Å². The van der Waals surface area contributed by atoms with E-state index in [1.54, 1.807) is 0 Å². The van der Waals surface area contributed by atoms with Crippen molar-refractivity contribution >= 4 is 17.5 Å². The summed E-state index contributed by atoms with van der Waals surface area (Å²) in [7, 11) is 0. The smallest absolute Gasteiger partial charge is 0.308 e. The fourth-order valence-electron chi connectivity index (χ4n) is 2.94. The number of amides is 2. The summed E-state index contributed by atoms with van der Waals surface area (Å²) in [4.78, 5) is 12.5. The Kier molecular flexibility index (Phi) is 5.15. The Morgan fingerprint density at radius 1 is 0.786 bits per heavy atom. The van der Waals surface area contributed by atoms with Gasteiger partial charge in [0, 0.05) is 17.3 Å². The molecule has 0 atom stereocenters. The number of para-hydroxylation sites is 1. The van der Waals surface area contributed by atoms with Crippen molar-refractivity contribution in [2.45, 2.75) is 6.54 Å². The number of hydrogen-bond acceptors (Lipinski definition) is 2. The van der Waals surface area contributed by atoms with E-state index in [2.05, 4.69) is 10.6 Å². The number of anilines is 2. The topological polar surface area (TPSA) is 59.0 Å². The summed E-state index contributed by atoms with van der Waals surface area (Å²) in [6, 6.07) is 30.9. The van der Waals surface area contributed by atoms with Crippen molar-refractivity contribution in [1.29, 1.82) is 0 Å². The first-order valence-corrected chi connectivity index (χ1v) is 9.08. The number of benzene rings is 3. The Morgan fingerprint density at radius 3 is 2.07 bits per heavy atom. The predicted octanol–water partition coefficient (Wildman–Crippen LogP) is 5.24. The van der Waals surface area contributed by atoms with Crippen molar-refractivity contribution in [2.24, 2.45) is 0 Å². The van der Waals surface area contributed by atoms with E-state index >= 15 is 0 Å². The molecule has 4 aromatic rings. The molecule has 0 spiro atoms. The maximum absolute atomic E-state index is 12.5. The van der Waals surface area contributed by atoms with Gasteiger partial charge in [-0.15, -0.1) is 0 Å². The standard InChI is InChI=1S/C23H20N4O/c28-23(24-20-14-8-3-9-15-20)25-22-16-21(19-12-6-2-7-13-19)26-27(22)17-18-10-4-1-5-11-18/h1-16H,17H2,(H2,24,25,28). The lowest BCUT2D eigenvalue weighted by atomic mass is 10.2. The van der Waals surface area contributed by atoms with E-state index in [0.717, 1.165) is 22.5 Å². The molecule has 28 heavy (non-hydrogen) atoms. The SMILES string of the molecule is O=C(Nc1ccccc1)Nc1cc(-c2ccccc2)nn1Cc1ccccc1. The zero-order chi connectivity index (χ0) is 19.2. The zero-order valence-corrected chi connectivity index (χ0v) is 15.2. The van der Waals surface area contributed by atoms with Crippen molar-refractivity contribution in [3.63, 3.8) is 0 Å². The van der Waals surface area contributed by atoms with Crippen LogP contribution in [-0.2, 0) is 6.54 Å².